The lowest BCUT2D eigenvalue weighted by Gasteiger charge is -2.07. The molecule has 0 aromatic heterocycles. The molecule has 2 nitrogen and oxygen atoms in total. The highest BCUT2D eigenvalue weighted by Crippen LogP contribution is 2.33. The third kappa shape index (κ3) is 1.73. The van der Waals surface area contributed by atoms with E-state index in [1.54, 1.807) is 12.1 Å². The van der Waals surface area contributed by atoms with Gasteiger partial charge in [-0.05, 0) is 12.1 Å². The first kappa shape index (κ1) is 9.84. The van der Waals surface area contributed by atoms with Gasteiger partial charge in [0.05, 0.1) is 18.7 Å². The number of hydrogen-bond donors (Lipinski definition) is 1. The summed E-state index contributed by atoms with van der Waals surface area (Å²) < 4.78 is 5.77. The molecule has 0 bridgehead atoms. The number of aliphatic hydroxyl groups excluding tert-OH is 1. The quantitative estimate of drug-likeness (QED) is 0.875. The van der Waals surface area contributed by atoms with E-state index in [1.165, 1.54) is 7.11 Å². The van der Waals surface area contributed by atoms with Crippen molar-refractivity contribution in [1.82, 2.24) is 0 Å². The van der Waals surface area contributed by atoms with Crippen LogP contribution in [0.25, 0.3) is 0 Å². The van der Waals surface area contributed by atoms with Gasteiger partial charge in [0.2, 0.25) is 0 Å². The van der Waals surface area contributed by atoms with Gasteiger partial charge in [-0.15, -0.1) is 0 Å². The Balaban J connectivity index is 3.24. The summed E-state index contributed by atoms with van der Waals surface area (Å²) in [6, 6.07) is 3.53. The van der Waals surface area contributed by atoms with Crippen molar-refractivity contribution < 1.29 is 9.84 Å². The van der Waals surface area contributed by atoms with Crippen LogP contribution in [0, 0.1) is 0 Å². The zero-order chi connectivity index (χ0) is 9.14. The van der Waals surface area contributed by atoms with E-state index in [0.29, 0.717) is 16.3 Å². The Bertz CT molecular complexity index is 289. The largest absolute Gasteiger partial charge is 0.495 e. The van der Waals surface area contributed by atoms with Crippen molar-refractivity contribution in [2.45, 2.75) is 6.61 Å². The van der Waals surface area contributed by atoms with Crippen LogP contribution in [0.1, 0.15) is 5.56 Å². The monoisotopic (exact) mass is 250 g/mol. The second kappa shape index (κ2) is 4.12. The second-order valence-electron chi connectivity index (χ2n) is 2.20. The van der Waals surface area contributed by atoms with E-state index >= 15 is 0 Å². The fourth-order valence-electron chi connectivity index (χ4n) is 0.879. The highest BCUT2D eigenvalue weighted by Gasteiger charge is 2.08. The molecule has 1 aromatic carbocycles. The average Bonchev–Trinajstić information content (AvgIpc) is 2.06. The maximum absolute atomic E-state index is 8.95. The third-order valence-electron chi connectivity index (χ3n) is 1.53. The molecule has 66 valence electrons. The van der Waals surface area contributed by atoms with Crippen molar-refractivity contribution in [3.63, 3.8) is 0 Å². The van der Waals surface area contributed by atoms with E-state index in [-0.39, 0.29) is 6.61 Å². The number of methoxy groups -OCH3 is 1. The number of halogens is 2. The minimum atomic E-state index is -0.101. The molecule has 0 saturated carbocycles. The van der Waals surface area contributed by atoms with E-state index in [4.69, 9.17) is 21.4 Å². The molecule has 0 amide bonds. The summed E-state index contributed by atoms with van der Waals surface area (Å²) in [4.78, 5) is 0. The predicted molar refractivity (Wildman–Crippen MR) is 51.6 cm³/mol. The fraction of sp³-hybridized carbons (Fsp3) is 0.250. The van der Waals surface area contributed by atoms with E-state index in [0.717, 1.165) is 4.47 Å². The van der Waals surface area contributed by atoms with Gasteiger partial charge in [-0.3, -0.25) is 0 Å². The van der Waals surface area contributed by atoms with E-state index in [2.05, 4.69) is 15.9 Å². The standard InChI is InChI=1S/C8H8BrClO2/c1-12-7-3-2-6(9)5(4-11)8(7)10/h2-3,11H,4H2,1H3. The van der Waals surface area contributed by atoms with Gasteiger partial charge in [0.1, 0.15) is 5.75 Å². The minimum Gasteiger partial charge on any atom is -0.495 e. The summed E-state index contributed by atoms with van der Waals surface area (Å²) in [7, 11) is 1.54. The lowest BCUT2D eigenvalue weighted by Crippen LogP contribution is -1.91. The van der Waals surface area contributed by atoms with Gasteiger partial charge in [0.15, 0.2) is 0 Å². The first-order valence-electron chi connectivity index (χ1n) is 3.32. The molecular formula is C8H8BrClO2. The Kier molecular flexibility index (Phi) is 3.38. The summed E-state index contributed by atoms with van der Waals surface area (Å²) >= 11 is 9.17. The Morgan fingerprint density at radius 3 is 2.75 bits per heavy atom. The van der Waals surface area contributed by atoms with Crippen LogP contribution in [-0.4, -0.2) is 12.2 Å². The van der Waals surface area contributed by atoms with Gasteiger partial charge in [-0.25, -0.2) is 0 Å². The molecule has 0 aliphatic carbocycles. The van der Waals surface area contributed by atoms with E-state index < -0.39 is 0 Å². The number of ether oxygens (including phenoxy) is 1. The molecule has 0 heterocycles. The molecule has 0 atom stereocenters. The van der Waals surface area contributed by atoms with Crippen LogP contribution in [0.5, 0.6) is 5.75 Å². The summed E-state index contributed by atoms with van der Waals surface area (Å²) in [6.07, 6.45) is 0. The van der Waals surface area contributed by atoms with E-state index in [1.807, 2.05) is 0 Å². The Morgan fingerprint density at radius 2 is 2.25 bits per heavy atom. The molecule has 0 saturated heterocycles. The summed E-state index contributed by atoms with van der Waals surface area (Å²) in [6.45, 7) is -0.101. The summed E-state index contributed by atoms with van der Waals surface area (Å²) in [5.41, 5.74) is 0.649. The molecular weight excluding hydrogens is 243 g/mol. The lowest BCUT2D eigenvalue weighted by atomic mass is 10.2. The molecule has 12 heavy (non-hydrogen) atoms. The highest BCUT2D eigenvalue weighted by atomic mass is 79.9. The van der Waals surface area contributed by atoms with Crippen LogP contribution in [0.2, 0.25) is 5.02 Å². The van der Waals surface area contributed by atoms with Crippen LogP contribution in [0.3, 0.4) is 0 Å². The zero-order valence-electron chi connectivity index (χ0n) is 6.47. The van der Waals surface area contributed by atoms with Gasteiger partial charge in [-0.1, -0.05) is 27.5 Å². The Hall–Kier alpha value is -0.250. The van der Waals surface area contributed by atoms with Crippen molar-refractivity contribution >= 4 is 27.5 Å². The molecule has 0 spiro atoms. The van der Waals surface area contributed by atoms with Gasteiger partial charge in [0, 0.05) is 10.0 Å². The molecule has 0 aliphatic rings. The normalized spacial score (nSPS) is 10.0. The zero-order valence-corrected chi connectivity index (χ0v) is 8.82. The van der Waals surface area contributed by atoms with Crippen molar-refractivity contribution in [3.05, 3.63) is 27.2 Å². The molecule has 1 rings (SSSR count). The number of hydrogen-bond acceptors (Lipinski definition) is 2. The third-order valence-corrected chi connectivity index (χ3v) is 2.69. The maximum atomic E-state index is 8.95. The van der Waals surface area contributed by atoms with Crippen molar-refractivity contribution in [3.8, 4) is 5.75 Å². The molecule has 0 radical (unpaired) electrons. The first-order valence-corrected chi connectivity index (χ1v) is 4.49. The van der Waals surface area contributed by atoms with Crippen LogP contribution in [0.15, 0.2) is 16.6 Å². The van der Waals surface area contributed by atoms with Gasteiger partial charge >= 0.3 is 0 Å². The van der Waals surface area contributed by atoms with Gasteiger partial charge in [0.25, 0.3) is 0 Å². The van der Waals surface area contributed by atoms with Gasteiger partial charge in [-0.2, -0.15) is 0 Å². The number of benzene rings is 1. The smallest absolute Gasteiger partial charge is 0.137 e. The maximum Gasteiger partial charge on any atom is 0.137 e. The summed E-state index contributed by atoms with van der Waals surface area (Å²) in [5, 5.41) is 9.40. The van der Waals surface area contributed by atoms with Crippen LogP contribution >= 0.6 is 27.5 Å². The molecule has 0 fully saturated rings. The Labute approximate surface area is 84.2 Å². The second-order valence-corrected chi connectivity index (χ2v) is 3.43. The first-order chi connectivity index (χ1) is 5.70. The number of rotatable bonds is 2. The molecule has 4 heteroatoms. The molecule has 1 N–H and O–H groups in total. The molecule has 0 aliphatic heterocycles. The fourth-order valence-corrected chi connectivity index (χ4v) is 1.75. The predicted octanol–water partition coefficient (Wildman–Crippen LogP) is 2.60. The lowest BCUT2D eigenvalue weighted by molar-refractivity contribution is 0.280. The van der Waals surface area contributed by atoms with Crippen molar-refractivity contribution in [2.24, 2.45) is 0 Å². The van der Waals surface area contributed by atoms with Crippen molar-refractivity contribution in [2.75, 3.05) is 7.11 Å². The SMILES string of the molecule is COc1ccc(Br)c(CO)c1Cl. The number of aliphatic hydroxyl groups is 1. The van der Waals surface area contributed by atoms with Crippen LogP contribution in [-0.2, 0) is 6.61 Å². The molecule has 0 unspecified atom stereocenters. The van der Waals surface area contributed by atoms with Crippen molar-refractivity contribution in [1.29, 1.82) is 0 Å². The Morgan fingerprint density at radius 1 is 1.58 bits per heavy atom. The van der Waals surface area contributed by atoms with Gasteiger partial charge < -0.3 is 9.84 Å². The topological polar surface area (TPSA) is 29.5 Å². The van der Waals surface area contributed by atoms with Crippen LogP contribution < -0.4 is 4.74 Å². The highest BCUT2D eigenvalue weighted by molar-refractivity contribution is 9.10. The average molecular weight is 252 g/mol. The van der Waals surface area contributed by atoms with E-state index in [9.17, 15) is 0 Å². The minimum absolute atomic E-state index is 0.101. The molecule has 1 aromatic rings. The summed E-state index contributed by atoms with van der Waals surface area (Å²) in [5.74, 6) is 0.573. The van der Waals surface area contributed by atoms with Crippen LogP contribution in [0.4, 0.5) is 0 Å².